The van der Waals surface area contributed by atoms with Gasteiger partial charge in [0, 0.05) is 18.5 Å². The molecule has 1 heterocycles. The molecule has 0 saturated heterocycles. The first kappa shape index (κ1) is 30.9. The standard InChI is InChI=1S/C35H29Cl2FN2O4/c1-42-32-14-13-25(17-34(32)43-2)33(18-27-28(36)20-39-21-29(27)37)44-35(41)26-10-6-9-24(16-26)23-8-5-7-22(15-23)19-40-31-12-4-3-11-30(31)38/h3-17,20-21,33,40H,18-19H2,1-2H3/p+1/t33-/m0/s1. The first-order chi connectivity index (χ1) is 21.4. The molecule has 0 saturated carbocycles. The maximum absolute atomic E-state index is 14.1. The van der Waals surface area contributed by atoms with Crippen LogP contribution in [0, 0.1) is 5.82 Å². The van der Waals surface area contributed by atoms with Gasteiger partial charge in [-0.25, -0.2) is 14.2 Å². The Morgan fingerprint density at radius 3 is 2.27 bits per heavy atom. The highest BCUT2D eigenvalue weighted by molar-refractivity contribution is 6.35. The lowest BCUT2D eigenvalue weighted by atomic mass is 10.00. The number of carbonyl (C=O) groups excluding carboxylic acids is 1. The van der Waals surface area contributed by atoms with Gasteiger partial charge in [0.05, 0.1) is 25.5 Å². The second-order valence-electron chi connectivity index (χ2n) is 9.96. The average molecular weight is 633 g/mol. The molecule has 6 nitrogen and oxygen atoms in total. The summed E-state index contributed by atoms with van der Waals surface area (Å²) in [5, 5.41) is 3.97. The van der Waals surface area contributed by atoms with E-state index in [0.29, 0.717) is 50.5 Å². The zero-order chi connectivity index (χ0) is 31.1. The first-order valence-corrected chi connectivity index (χ1v) is 14.6. The SMILES string of the molecule is COc1ccc([C@H](Cc2c(Cl)c[nH+]cc2Cl)OC(=O)c2cccc(-c3cccc(CNc4ccccc4F)c3)c2)cc1OC. The Hall–Kier alpha value is -4.59. The van der Waals surface area contributed by atoms with Gasteiger partial charge < -0.3 is 19.5 Å². The highest BCUT2D eigenvalue weighted by Gasteiger charge is 2.24. The number of H-pyrrole nitrogens is 1. The molecular formula is C35H30Cl2FN2O4+. The predicted octanol–water partition coefficient (Wildman–Crippen LogP) is 8.38. The summed E-state index contributed by atoms with van der Waals surface area (Å²) in [4.78, 5) is 16.5. The van der Waals surface area contributed by atoms with Crippen molar-refractivity contribution in [3.05, 3.63) is 142 Å². The number of aromatic amines is 1. The van der Waals surface area contributed by atoms with Crippen molar-refractivity contribution in [2.75, 3.05) is 19.5 Å². The number of hydrogen-bond acceptors (Lipinski definition) is 5. The molecule has 0 aliphatic heterocycles. The molecule has 1 atom stereocenters. The van der Waals surface area contributed by atoms with Gasteiger partial charge in [-0.1, -0.05) is 71.7 Å². The fourth-order valence-corrected chi connectivity index (χ4v) is 5.36. The van der Waals surface area contributed by atoms with E-state index in [-0.39, 0.29) is 12.2 Å². The normalized spacial score (nSPS) is 11.5. The summed E-state index contributed by atoms with van der Waals surface area (Å²) >= 11 is 12.9. The molecule has 1 aromatic heterocycles. The van der Waals surface area contributed by atoms with E-state index in [1.165, 1.54) is 6.07 Å². The first-order valence-electron chi connectivity index (χ1n) is 13.8. The molecule has 0 amide bonds. The molecule has 0 unspecified atom stereocenters. The van der Waals surface area contributed by atoms with Gasteiger partial charge in [0.25, 0.3) is 0 Å². The van der Waals surface area contributed by atoms with Gasteiger partial charge in [0.1, 0.15) is 22.0 Å². The molecule has 5 aromatic rings. The second-order valence-corrected chi connectivity index (χ2v) is 10.8. The van der Waals surface area contributed by atoms with E-state index in [9.17, 15) is 9.18 Å². The number of hydrogen-bond donors (Lipinski definition) is 1. The summed E-state index contributed by atoms with van der Waals surface area (Å²) in [7, 11) is 3.09. The minimum Gasteiger partial charge on any atom is -0.493 e. The number of halogens is 3. The van der Waals surface area contributed by atoms with Gasteiger partial charge in [0.2, 0.25) is 0 Å². The molecule has 44 heavy (non-hydrogen) atoms. The molecule has 0 aliphatic rings. The van der Waals surface area contributed by atoms with Crippen LogP contribution in [-0.4, -0.2) is 20.2 Å². The van der Waals surface area contributed by atoms with E-state index in [1.54, 1.807) is 69.1 Å². The Balaban J connectivity index is 1.40. The van der Waals surface area contributed by atoms with Gasteiger partial charge in [-0.05, 0) is 64.7 Å². The van der Waals surface area contributed by atoms with Crippen LogP contribution in [0.25, 0.3) is 11.1 Å². The quantitative estimate of drug-likeness (QED) is 0.148. The van der Waals surface area contributed by atoms with E-state index < -0.39 is 12.1 Å². The van der Waals surface area contributed by atoms with Crippen molar-refractivity contribution in [2.24, 2.45) is 0 Å². The maximum Gasteiger partial charge on any atom is 0.338 e. The third-order valence-corrected chi connectivity index (χ3v) is 7.80. The van der Waals surface area contributed by atoms with Crippen molar-refractivity contribution < 1.29 is 28.4 Å². The molecule has 5 rings (SSSR count). The number of aromatic nitrogens is 1. The molecule has 0 bridgehead atoms. The van der Waals surface area contributed by atoms with Crippen LogP contribution in [-0.2, 0) is 17.7 Å². The van der Waals surface area contributed by atoms with Gasteiger partial charge in [-0.2, -0.15) is 0 Å². The number of para-hydroxylation sites is 1. The van der Waals surface area contributed by atoms with E-state index in [4.69, 9.17) is 37.4 Å². The average Bonchev–Trinajstić information content (AvgIpc) is 3.05. The highest BCUT2D eigenvalue weighted by Crippen LogP contribution is 2.35. The zero-order valence-corrected chi connectivity index (χ0v) is 25.6. The molecule has 0 radical (unpaired) electrons. The number of anilines is 1. The lowest BCUT2D eigenvalue weighted by Gasteiger charge is -2.21. The van der Waals surface area contributed by atoms with Crippen LogP contribution >= 0.6 is 23.2 Å². The monoisotopic (exact) mass is 631 g/mol. The van der Waals surface area contributed by atoms with E-state index in [2.05, 4.69) is 10.3 Å². The number of ether oxygens (including phenoxy) is 3. The smallest absolute Gasteiger partial charge is 0.338 e. The van der Waals surface area contributed by atoms with Crippen LogP contribution in [0.1, 0.15) is 33.2 Å². The lowest BCUT2D eigenvalue weighted by molar-refractivity contribution is -0.377. The molecule has 0 fully saturated rings. The third kappa shape index (κ3) is 7.30. The third-order valence-electron chi connectivity index (χ3n) is 7.13. The highest BCUT2D eigenvalue weighted by atomic mass is 35.5. The summed E-state index contributed by atoms with van der Waals surface area (Å²) in [5.41, 5.74) is 4.82. The molecule has 2 N–H and O–H groups in total. The van der Waals surface area contributed by atoms with Crippen molar-refractivity contribution in [1.29, 1.82) is 0 Å². The predicted molar refractivity (Wildman–Crippen MR) is 170 cm³/mol. The van der Waals surface area contributed by atoms with E-state index in [0.717, 1.165) is 16.7 Å². The summed E-state index contributed by atoms with van der Waals surface area (Å²) in [5.74, 6) is 0.219. The Morgan fingerprint density at radius 1 is 0.841 bits per heavy atom. The number of nitrogens with one attached hydrogen (secondary N) is 2. The Bertz CT molecular complexity index is 1760. The van der Waals surface area contributed by atoms with Crippen LogP contribution in [0.5, 0.6) is 11.5 Å². The second kappa shape index (κ2) is 14.3. The van der Waals surface area contributed by atoms with Gasteiger partial charge >= 0.3 is 5.97 Å². The molecule has 9 heteroatoms. The molecule has 0 aliphatic carbocycles. The number of rotatable bonds is 11. The fraction of sp³-hybridized carbons (Fsp3) is 0.143. The van der Waals surface area contributed by atoms with Gasteiger partial charge in [-0.15, -0.1) is 0 Å². The summed E-state index contributed by atoms with van der Waals surface area (Å²) < 4.78 is 31.0. The topological polar surface area (TPSA) is 70.9 Å². The summed E-state index contributed by atoms with van der Waals surface area (Å²) in [6, 6.07) is 27.0. The minimum atomic E-state index is -0.740. The number of pyridine rings is 1. The van der Waals surface area contributed by atoms with Crippen LogP contribution in [0.2, 0.25) is 10.0 Å². The molecular weight excluding hydrogens is 602 g/mol. The van der Waals surface area contributed by atoms with Crippen molar-refractivity contribution in [2.45, 2.75) is 19.1 Å². The lowest BCUT2D eigenvalue weighted by Crippen LogP contribution is -2.16. The number of benzene rings is 4. The van der Waals surface area contributed by atoms with Crippen LogP contribution in [0.3, 0.4) is 0 Å². The van der Waals surface area contributed by atoms with Crippen molar-refractivity contribution >= 4 is 34.9 Å². The van der Waals surface area contributed by atoms with Crippen molar-refractivity contribution in [3.63, 3.8) is 0 Å². The summed E-state index contributed by atoms with van der Waals surface area (Å²) in [6.45, 7) is 0.436. The molecule has 4 aromatic carbocycles. The van der Waals surface area contributed by atoms with E-state index in [1.807, 2.05) is 42.5 Å². The number of methoxy groups -OCH3 is 2. The Kier molecular flexibility index (Phi) is 10.00. The Morgan fingerprint density at radius 2 is 1.55 bits per heavy atom. The van der Waals surface area contributed by atoms with Crippen LogP contribution in [0.4, 0.5) is 10.1 Å². The number of esters is 1. The maximum atomic E-state index is 14.1. The van der Waals surface area contributed by atoms with Gasteiger partial charge in [0.15, 0.2) is 23.9 Å². The fourth-order valence-electron chi connectivity index (χ4n) is 4.82. The summed E-state index contributed by atoms with van der Waals surface area (Å²) in [6.07, 6.45) is 2.74. The van der Waals surface area contributed by atoms with Crippen LogP contribution < -0.4 is 19.8 Å². The Labute approximate surface area is 265 Å². The van der Waals surface area contributed by atoms with Gasteiger partial charge in [-0.3, -0.25) is 0 Å². The number of carbonyl (C=O) groups is 1. The van der Waals surface area contributed by atoms with E-state index >= 15 is 0 Å². The zero-order valence-electron chi connectivity index (χ0n) is 24.1. The van der Waals surface area contributed by atoms with Crippen molar-refractivity contribution in [3.8, 4) is 22.6 Å². The van der Waals surface area contributed by atoms with Crippen molar-refractivity contribution in [1.82, 2.24) is 0 Å². The largest absolute Gasteiger partial charge is 0.493 e. The molecule has 0 spiro atoms. The minimum absolute atomic E-state index is 0.227. The van der Waals surface area contributed by atoms with Crippen LogP contribution in [0.15, 0.2) is 103 Å². The molecule has 224 valence electrons.